The number of alkyl halides is 3. The van der Waals surface area contributed by atoms with E-state index < -0.39 is 22.9 Å². The normalized spacial score (nSPS) is 12.8. The number of thioether (sulfide) groups is 1. The Morgan fingerprint density at radius 3 is 2.62 bits per heavy atom. The number of benzene rings is 2. The van der Waals surface area contributed by atoms with Crippen molar-refractivity contribution in [2.75, 3.05) is 12.4 Å². The van der Waals surface area contributed by atoms with E-state index in [1.165, 1.54) is 7.11 Å². The predicted molar refractivity (Wildman–Crippen MR) is 118 cm³/mol. The molecule has 0 unspecified atom stereocenters. The summed E-state index contributed by atoms with van der Waals surface area (Å²) in [5.41, 5.74) is 0.742. The second-order valence-electron chi connectivity index (χ2n) is 6.90. The molecule has 10 heteroatoms. The molecule has 1 N–H and O–H groups in total. The van der Waals surface area contributed by atoms with E-state index in [9.17, 15) is 18.0 Å². The quantitative estimate of drug-likeness (QED) is 0.319. The first kappa shape index (κ1) is 22.3. The number of para-hydroxylation sites is 1. The summed E-state index contributed by atoms with van der Waals surface area (Å²) >= 11 is 6.90. The highest BCUT2D eigenvalue weighted by molar-refractivity contribution is 8.00. The van der Waals surface area contributed by atoms with Gasteiger partial charge in [-0.1, -0.05) is 41.6 Å². The number of rotatable bonds is 5. The zero-order valence-corrected chi connectivity index (χ0v) is 18.4. The Kier molecular flexibility index (Phi) is 5.96. The molecular weight excluding hydrogens is 465 g/mol. The fourth-order valence-corrected chi connectivity index (χ4v) is 4.23. The number of hydrogen-bond acceptors (Lipinski definition) is 5. The van der Waals surface area contributed by atoms with Crippen molar-refractivity contribution in [2.24, 2.45) is 0 Å². The number of furan rings is 1. The minimum atomic E-state index is -4.55. The third-order valence-corrected chi connectivity index (χ3v) is 6.27. The van der Waals surface area contributed by atoms with Gasteiger partial charge in [0.05, 0.1) is 28.6 Å². The Morgan fingerprint density at radius 2 is 1.94 bits per heavy atom. The van der Waals surface area contributed by atoms with E-state index >= 15 is 0 Å². The molecule has 166 valence electrons. The number of methoxy groups -OCH3 is 1. The lowest BCUT2D eigenvalue weighted by atomic mass is 10.1. The van der Waals surface area contributed by atoms with Crippen LogP contribution in [0, 0.1) is 0 Å². The maximum atomic E-state index is 12.8. The first-order valence-electron chi connectivity index (χ1n) is 9.37. The van der Waals surface area contributed by atoms with Crippen LogP contribution in [-0.4, -0.2) is 23.3 Å². The number of fused-ring (bicyclic) bond motifs is 3. The summed E-state index contributed by atoms with van der Waals surface area (Å²) in [5.74, 6) is 0.0433. The molecule has 2 heterocycles. The summed E-state index contributed by atoms with van der Waals surface area (Å²) in [7, 11) is 1.49. The van der Waals surface area contributed by atoms with Crippen LogP contribution in [0.15, 0.2) is 58.1 Å². The van der Waals surface area contributed by atoms with Crippen molar-refractivity contribution in [3.05, 3.63) is 59.2 Å². The van der Waals surface area contributed by atoms with Crippen LogP contribution < -0.4 is 10.1 Å². The molecule has 0 radical (unpaired) electrons. The summed E-state index contributed by atoms with van der Waals surface area (Å²) in [6.07, 6.45) is -3.86. The van der Waals surface area contributed by atoms with Gasteiger partial charge in [-0.15, -0.1) is 0 Å². The Labute approximate surface area is 189 Å². The molecule has 0 saturated carbocycles. The zero-order chi connectivity index (χ0) is 23.0. The molecule has 0 saturated heterocycles. The summed E-state index contributed by atoms with van der Waals surface area (Å²) < 4.78 is 49.7. The molecule has 0 aliphatic heterocycles. The smallest absolute Gasteiger partial charge is 0.417 e. The number of carbonyl (C=O) groups excluding carboxylic acids is 1. The first-order chi connectivity index (χ1) is 15.2. The Bertz CT molecular complexity index is 1320. The number of hydrogen-bond donors (Lipinski definition) is 1. The van der Waals surface area contributed by atoms with Crippen molar-refractivity contribution in [1.29, 1.82) is 0 Å². The molecule has 0 aliphatic rings. The lowest BCUT2D eigenvalue weighted by molar-refractivity contribution is -0.137. The monoisotopic (exact) mass is 480 g/mol. The lowest BCUT2D eigenvalue weighted by Gasteiger charge is -2.15. The molecule has 1 atom stereocenters. The second kappa shape index (κ2) is 8.55. The van der Waals surface area contributed by atoms with Crippen molar-refractivity contribution >= 4 is 56.9 Å². The summed E-state index contributed by atoms with van der Waals surface area (Å²) in [6.45, 7) is 1.60. The van der Waals surface area contributed by atoms with E-state index in [1.54, 1.807) is 19.1 Å². The molecule has 0 aliphatic carbocycles. The zero-order valence-electron chi connectivity index (χ0n) is 16.8. The second-order valence-corrected chi connectivity index (χ2v) is 8.64. The molecule has 2 aromatic carbocycles. The van der Waals surface area contributed by atoms with Crippen LogP contribution >= 0.6 is 23.4 Å². The molecular formula is C22H16ClF3N2O3S. The molecule has 0 bridgehead atoms. The minimum Gasteiger partial charge on any atom is -0.495 e. The van der Waals surface area contributed by atoms with Gasteiger partial charge in [0.2, 0.25) is 5.91 Å². The third-order valence-electron chi connectivity index (χ3n) is 4.75. The molecule has 4 aromatic rings. The van der Waals surface area contributed by atoms with Crippen molar-refractivity contribution in [2.45, 2.75) is 23.4 Å². The van der Waals surface area contributed by atoms with Crippen molar-refractivity contribution < 1.29 is 27.1 Å². The summed E-state index contributed by atoms with van der Waals surface area (Å²) in [5, 5.41) is 3.80. The van der Waals surface area contributed by atoms with Crippen LogP contribution in [0.4, 0.5) is 18.9 Å². The van der Waals surface area contributed by atoms with Gasteiger partial charge in [0.1, 0.15) is 21.9 Å². The average Bonchev–Trinajstić information content (AvgIpc) is 3.11. The van der Waals surface area contributed by atoms with Gasteiger partial charge in [-0.3, -0.25) is 4.79 Å². The molecule has 2 aromatic heterocycles. The van der Waals surface area contributed by atoms with Gasteiger partial charge in [0.25, 0.3) is 0 Å². The van der Waals surface area contributed by atoms with E-state index in [0.717, 1.165) is 28.6 Å². The number of amides is 1. The third kappa shape index (κ3) is 4.35. The van der Waals surface area contributed by atoms with Gasteiger partial charge in [0.15, 0.2) is 0 Å². The topological polar surface area (TPSA) is 64.4 Å². The van der Waals surface area contributed by atoms with Crippen LogP contribution in [0.25, 0.3) is 21.9 Å². The lowest BCUT2D eigenvalue weighted by Crippen LogP contribution is -2.23. The first-order valence-corrected chi connectivity index (χ1v) is 10.6. The highest BCUT2D eigenvalue weighted by Crippen LogP contribution is 2.38. The largest absolute Gasteiger partial charge is 0.495 e. The molecule has 4 rings (SSSR count). The van der Waals surface area contributed by atoms with Crippen LogP contribution in [0.2, 0.25) is 5.02 Å². The van der Waals surface area contributed by atoms with Gasteiger partial charge < -0.3 is 14.5 Å². The van der Waals surface area contributed by atoms with Crippen molar-refractivity contribution in [1.82, 2.24) is 4.98 Å². The Balaban J connectivity index is 1.56. The number of nitrogens with one attached hydrogen (secondary N) is 1. The van der Waals surface area contributed by atoms with E-state index in [4.69, 9.17) is 20.8 Å². The van der Waals surface area contributed by atoms with Gasteiger partial charge in [0, 0.05) is 23.0 Å². The number of nitrogens with zero attached hydrogens (tertiary/aromatic N) is 1. The Hall–Kier alpha value is -2.91. The average molecular weight is 481 g/mol. The van der Waals surface area contributed by atoms with Crippen LogP contribution in [0.3, 0.4) is 0 Å². The molecule has 0 spiro atoms. The standard InChI is InChI=1S/C22H16ClF3N2O3S/c1-11(32-21-15(23)7-12(10-27-21)22(24,25)26)20(29)28-16-9-18-14(8-19(16)30-2)13-5-3-4-6-17(13)31-18/h3-11H,1-2H3,(H,28,29)/t11-/m1/s1. The number of ether oxygens (including phenoxy) is 1. The summed E-state index contributed by atoms with van der Waals surface area (Å²) in [4.78, 5) is 16.5. The molecule has 1 amide bonds. The number of carbonyl (C=O) groups is 1. The van der Waals surface area contributed by atoms with Crippen molar-refractivity contribution in [3.63, 3.8) is 0 Å². The van der Waals surface area contributed by atoms with E-state index in [1.807, 2.05) is 24.3 Å². The van der Waals surface area contributed by atoms with E-state index in [0.29, 0.717) is 28.8 Å². The van der Waals surface area contributed by atoms with Crippen LogP contribution in [0.1, 0.15) is 12.5 Å². The fourth-order valence-electron chi connectivity index (χ4n) is 3.14. The molecule has 5 nitrogen and oxygen atoms in total. The van der Waals surface area contributed by atoms with Crippen molar-refractivity contribution in [3.8, 4) is 5.75 Å². The van der Waals surface area contributed by atoms with Crippen LogP contribution in [0.5, 0.6) is 5.75 Å². The number of anilines is 1. The van der Waals surface area contributed by atoms with Gasteiger partial charge >= 0.3 is 6.18 Å². The summed E-state index contributed by atoms with van der Waals surface area (Å²) in [6, 6.07) is 11.8. The Morgan fingerprint density at radius 1 is 1.19 bits per heavy atom. The van der Waals surface area contributed by atoms with Gasteiger partial charge in [-0.25, -0.2) is 4.98 Å². The number of pyridine rings is 1. The van der Waals surface area contributed by atoms with Gasteiger partial charge in [-0.2, -0.15) is 13.2 Å². The minimum absolute atomic E-state index is 0.127. The fraction of sp³-hybridized carbons (Fsp3) is 0.182. The maximum absolute atomic E-state index is 12.8. The molecule has 0 fully saturated rings. The number of aromatic nitrogens is 1. The van der Waals surface area contributed by atoms with Gasteiger partial charge in [-0.05, 0) is 25.1 Å². The van der Waals surface area contributed by atoms with E-state index in [-0.39, 0.29) is 10.0 Å². The maximum Gasteiger partial charge on any atom is 0.417 e. The predicted octanol–water partition coefficient (Wildman–Crippen LogP) is 6.78. The highest BCUT2D eigenvalue weighted by atomic mass is 35.5. The van der Waals surface area contributed by atoms with Crippen LogP contribution in [-0.2, 0) is 11.0 Å². The molecule has 32 heavy (non-hydrogen) atoms. The highest BCUT2D eigenvalue weighted by Gasteiger charge is 2.32. The van der Waals surface area contributed by atoms with E-state index in [2.05, 4.69) is 10.3 Å². The SMILES string of the molecule is COc1cc2c(cc1NC(=O)[C@@H](C)Sc1ncc(C(F)(F)F)cc1Cl)oc1ccccc12. The number of halogens is 4.